The highest BCUT2D eigenvalue weighted by atomic mass is 32.2. The van der Waals surface area contributed by atoms with Crippen LogP contribution in [-0.2, 0) is 9.84 Å². The number of hydrogen-bond acceptors (Lipinski definition) is 4. The van der Waals surface area contributed by atoms with Crippen molar-refractivity contribution < 1.29 is 13.5 Å². The molecular formula is C9H19NO3S. The van der Waals surface area contributed by atoms with Gasteiger partial charge in [0.15, 0.2) is 9.84 Å². The molecule has 4 nitrogen and oxygen atoms in total. The fourth-order valence-corrected chi connectivity index (χ4v) is 4.25. The van der Waals surface area contributed by atoms with Crippen LogP contribution in [0, 0.1) is 11.8 Å². The van der Waals surface area contributed by atoms with Crippen molar-refractivity contribution in [3.63, 3.8) is 0 Å². The van der Waals surface area contributed by atoms with Crippen LogP contribution in [0.1, 0.15) is 19.8 Å². The molecule has 84 valence electrons. The average molecular weight is 221 g/mol. The minimum absolute atomic E-state index is 0.0413. The molecule has 1 aliphatic rings. The predicted molar refractivity (Wildman–Crippen MR) is 55.6 cm³/mol. The molecule has 3 unspecified atom stereocenters. The van der Waals surface area contributed by atoms with Crippen molar-refractivity contribution in [2.24, 2.45) is 17.6 Å². The van der Waals surface area contributed by atoms with Gasteiger partial charge in [0.1, 0.15) is 0 Å². The van der Waals surface area contributed by atoms with Crippen LogP contribution in [0.15, 0.2) is 0 Å². The molecule has 0 aliphatic heterocycles. The van der Waals surface area contributed by atoms with Gasteiger partial charge in [-0.25, -0.2) is 8.42 Å². The highest BCUT2D eigenvalue weighted by Crippen LogP contribution is 2.43. The molecule has 1 rings (SSSR count). The molecule has 0 spiro atoms. The first-order chi connectivity index (χ1) is 6.37. The Bertz CT molecular complexity index is 301. The van der Waals surface area contributed by atoms with E-state index in [2.05, 4.69) is 0 Å². The molecule has 1 saturated carbocycles. The lowest BCUT2D eigenvalue weighted by molar-refractivity contribution is 0.226. The molecule has 3 N–H and O–H groups in total. The predicted octanol–water partition coefficient (Wildman–Crippen LogP) is -0.233. The van der Waals surface area contributed by atoms with Crippen LogP contribution >= 0.6 is 0 Å². The summed E-state index contributed by atoms with van der Waals surface area (Å²) in [5, 5.41) is 9.04. The van der Waals surface area contributed by atoms with E-state index in [1.165, 1.54) is 6.26 Å². The molecule has 5 heteroatoms. The van der Waals surface area contributed by atoms with Gasteiger partial charge in [0.2, 0.25) is 0 Å². The Morgan fingerprint density at radius 3 is 2.36 bits per heavy atom. The summed E-state index contributed by atoms with van der Waals surface area (Å²) >= 11 is 0. The fraction of sp³-hybridized carbons (Fsp3) is 1.00. The van der Waals surface area contributed by atoms with E-state index >= 15 is 0 Å². The van der Waals surface area contributed by atoms with E-state index in [0.717, 1.165) is 6.42 Å². The van der Waals surface area contributed by atoms with Gasteiger partial charge in [-0.2, -0.15) is 0 Å². The quantitative estimate of drug-likeness (QED) is 0.689. The smallest absolute Gasteiger partial charge is 0.154 e. The topological polar surface area (TPSA) is 80.4 Å². The number of aliphatic hydroxyl groups excluding tert-OH is 1. The Morgan fingerprint density at radius 1 is 1.57 bits per heavy atom. The SMILES string of the molecule is CC1CC(CO)CC1(CN)S(C)(=O)=O. The third-order valence-corrected chi connectivity index (χ3v) is 5.77. The van der Waals surface area contributed by atoms with Crippen LogP contribution in [0.25, 0.3) is 0 Å². The molecule has 0 radical (unpaired) electrons. The number of aliphatic hydroxyl groups is 1. The molecule has 0 bridgehead atoms. The van der Waals surface area contributed by atoms with E-state index in [0.29, 0.717) is 6.42 Å². The molecule has 0 amide bonds. The molecule has 3 atom stereocenters. The highest BCUT2D eigenvalue weighted by Gasteiger charge is 2.50. The van der Waals surface area contributed by atoms with Gasteiger partial charge in [-0.3, -0.25) is 0 Å². The van der Waals surface area contributed by atoms with Gasteiger partial charge in [0.05, 0.1) is 4.75 Å². The summed E-state index contributed by atoms with van der Waals surface area (Å²) in [6.45, 7) is 2.12. The van der Waals surface area contributed by atoms with E-state index < -0.39 is 14.6 Å². The van der Waals surface area contributed by atoms with Gasteiger partial charge in [-0.15, -0.1) is 0 Å². The second kappa shape index (κ2) is 3.79. The third kappa shape index (κ3) is 1.68. The summed E-state index contributed by atoms with van der Waals surface area (Å²) in [7, 11) is -3.14. The maximum atomic E-state index is 11.7. The molecule has 1 aliphatic carbocycles. The standard InChI is InChI=1S/C9H19NO3S/c1-7-3-8(5-11)4-9(7,6-10)14(2,12)13/h7-8,11H,3-6,10H2,1-2H3. The van der Waals surface area contributed by atoms with E-state index in [4.69, 9.17) is 10.8 Å². The minimum Gasteiger partial charge on any atom is -0.396 e. The van der Waals surface area contributed by atoms with Gasteiger partial charge < -0.3 is 10.8 Å². The molecule has 0 aromatic carbocycles. The van der Waals surface area contributed by atoms with Crippen LogP contribution in [0.4, 0.5) is 0 Å². The van der Waals surface area contributed by atoms with Gasteiger partial charge in [-0.05, 0) is 24.7 Å². The number of hydrogen-bond donors (Lipinski definition) is 2. The zero-order chi connectivity index (χ0) is 11.0. The largest absolute Gasteiger partial charge is 0.396 e. The first-order valence-corrected chi connectivity index (χ1v) is 6.77. The first kappa shape index (κ1) is 11.9. The van der Waals surface area contributed by atoms with Crippen molar-refractivity contribution in [1.29, 1.82) is 0 Å². The first-order valence-electron chi connectivity index (χ1n) is 4.88. The Kier molecular flexibility index (Phi) is 3.23. The van der Waals surface area contributed by atoms with Crippen LogP contribution in [0.2, 0.25) is 0 Å². The Hall–Kier alpha value is -0.130. The molecule has 0 saturated heterocycles. The van der Waals surface area contributed by atoms with Crippen LogP contribution in [0.3, 0.4) is 0 Å². The Morgan fingerprint density at radius 2 is 2.14 bits per heavy atom. The molecule has 1 fully saturated rings. The summed E-state index contributed by atoms with van der Waals surface area (Å²) in [5.41, 5.74) is 5.60. The van der Waals surface area contributed by atoms with Gasteiger partial charge in [0.25, 0.3) is 0 Å². The van der Waals surface area contributed by atoms with Crippen molar-refractivity contribution >= 4 is 9.84 Å². The monoisotopic (exact) mass is 221 g/mol. The van der Waals surface area contributed by atoms with E-state index in [1.54, 1.807) is 0 Å². The second-order valence-corrected chi connectivity index (χ2v) is 6.79. The Balaban J connectivity index is 3.03. The lowest BCUT2D eigenvalue weighted by Gasteiger charge is -2.30. The summed E-state index contributed by atoms with van der Waals surface area (Å²) in [5.74, 6) is 0.128. The van der Waals surface area contributed by atoms with Gasteiger partial charge >= 0.3 is 0 Å². The number of sulfone groups is 1. The average Bonchev–Trinajstić information content (AvgIpc) is 2.42. The van der Waals surface area contributed by atoms with E-state index in [1.807, 2.05) is 6.92 Å². The van der Waals surface area contributed by atoms with E-state index in [9.17, 15) is 8.42 Å². The van der Waals surface area contributed by atoms with Gasteiger partial charge in [-0.1, -0.05) is 6.92 Å². The molecule has 0 aromatic rings. The van der Waals surface area contributed by atoms with Crippen LogP contribution in [0.5, 0.6) is 0 Å². The maximum absolute atomic E-state index is 11.7. The zero-order valence-corrected chi connectivity index (χ0v) is 9.55. The van der Waals surface area contributed by atoms with Crippen molar-refractivity contribution in [2.45, 2.75) is 24.5 Å². The fourth-order valence-electron chi connectivity index (χ4n) is 2.58. The molecule has 14 heavy (non-hydrogen) atoms. The molecule has 0 aromatic heterocycles. The number of rotatable bonds is 3. The lowest BCUT2D eigenvalue weighted by Crippen LogP contribution is -2.47. The summed E-state index contributed by atoms with van der Waals surface area (Å²) in [6, 6.07) is 0. The summed E-state index contributed by atoms with van der Waals surface area (Å²) in [4.78, 5) is 0. The van der Waals surface area contributed by atoms with Crippen LogP contribution < -0.4 is 5.73 Å². The van der Waals surface area contributed by atoms with E-state index in [-0.39, 0.29) is 25.0 Å². The maximum Gasteiger partial charge on any atom is 0.154 e. The van der Waals surface area contributed by atoms with Crippen molar-refractivity contribution in [2.75, 3.05) is 19.4 Å². The van der Waals surface area contributed by atoms with Crippen molar-refractivity contribution in [3.8, 4) is 0 Å². The van der Waals surface area contributed by atoms with Crippen molar-refractivity contribution in [3.05, 3.63) is 0 Å². The Labute approximate surface area is 85.4 Å². The second-order valence-electron chi connectivity index (χ2n) is 4.43. The van der Waals surface area contributed by atoms with Crippen molar-refractivity contribution in [1.82, 2.24) is 0 Å². The van der Waals surface area contributed by atoms with Gasteiger partial charge in [0, 0.05) is 19.4 Å². The molecular weight excluding hydrogens is 202 g/mol. The minimum atomic E-state index is -3.14. The lowest BCUT2D eigenvalue weighted by atomic mass is 9.97. The zero-order valence-electron chi connectivity index (χ0n) is 8.73. The molecule has 0 heterocycles. The highest BCUT2D eigenvalue weighted by molar-refractivity contribution is 7.92. The number of nitrogens with two attached hydrogens (primary N) is 1. The van der Waals surface area contributed by atoms with Crippen LogP contribution in [-0.4, -0.2) is 37.7 Å². The summed E-state index contributed by atoms with van der Waals surface area (Å²) < 4.78 is 22.6. The summed E-state index contributed by atoms with van der Waals surface area (Å²) in [6.07, 6.45) is 2.50. The third-order valence-electron chi connectivity index (χ3n) is 3.56. The normalized spacial score (nSPS) is 38.9.